The SMILES string of the molecule is COc1nc(NC(=O)NS(=O)(=O)N=c2sccn2CCC(F)(F)F)nc(OC)n1. The minimum absolute atomic E-state index is 0.205. The summed E-state index contributed by atoms with van der Waals surface area (Å²) < 4.78 is 76.5. The highest BCUT2D eigenvalue weighted by molar-refractivity contribution is 7.88. The average molecular weight is 457 g/mol. The van der Waals surface area contributed by atoms with Gasteiger partial charge in [0.15, 0.2) is 0 Å². The van der Waals surface area contributed by atoms with Crippen LogP contribution in [0.1, 0.15) is 6.42 Å². The summed E-state index contributed by atoms with van der Waals surface area (Å²) in [7, 11) is -2.10. The summed E-state index contributed by atoms with van der Waals surface area (Å²) in [6.45, 7) is -0.530. The molecule has 12 nitrogen and oxygen atoms in total. The topological polar surface area (TPSA) is 150 Å². The number of rotatable bonds is 7. The lowest BCUT2D eigenvalue weighted by molar-refractivity contribution is -0.136. The number of urea groups is 1. The lowest BCUT2D eigenvalue weighted by Gasteiger charge is -2.07. The van der Waals surface area contributed by atoms with Gasteiger partial charge in [-0.1, -0.05) is 0 Å². The van der Waals surface area contributed by atoms with Gasteiger partial charge in [0.05, 0.1) is 20.6 Å². The van der Waals surface area contributed by atoms with E-state index in [1.807, 2.05) is 5.32 Å². The highest BCUT2D eigenvalue weighted by Crippen LogP contribution is 2.19. The zero-order valence-corrected chi connectivity index (χ0v) is 16.4. The molecule has 2 N–H and O–H groups in total. The number of nitrogens with zero attached hydrogens (tertiary/aromatic N) is 5. The molecule has 0 radical (unpaired) electrons. The number of anilines is 1. The number of thiazole rings is 1. The summed E-state index contributed by atoms with van der Waals surface area (Å²) in [5.74, 6) is -0.377. The minimum atomic E-state index is -4.59. The fourth-order valence-corrected chi connectivity index (χ4v) is 3.46. The Bertz CT molecular complexity index is 1010. The number of hydrogen-bond acceptors (Lipinski definition) is 9. The molecule has 0 aliphatic heterocycles. The molecule has 0 saturated heterocycles. The Labute approximate surface area is 165 Å². The number of aromatic nitrogens is 4. The zero-order valence-electron chi connectivity index (χ0n) is 14.8. The summed E-state index contributed by atoms with van der Waals surface area (Å²) in [6, 6.07) is -1.68. The van der Waals surface area contributed by atoms with E-state index in [0.29, 0.717) is 0 Å². The molecular formula is C12H14F3N7O5S2. The molecule has 17 heteroatoms. The molecule has 0 bridgehead atoms. The molecule has 0 spiro atoms. The van der Waals surface area contributed by atoms with E-state index in [4.69, 9.17) is 9.47 Å². The molecule has 160 valence electrons. The Hall–Kier alpha value is -2.95. The quantitative estimate of drug-likeness (QED) is 0.616. The molecule has 0 atom stereocenters. The van der Waals surface area contributed by atoms with Crippen LogP contribution in [-0.2, 0) is 16.8 Å². The van der Waals surface area contributed by atoms with E-state index in [1.54, 1.807) is 4.72 Å². The second kappa shape index (κ2) is 9.03. The maximum Gasteiger partial charge on any atom is 0.390 e. The van der Waals surface area contributed by atoms with E-state index in [2.05, 4.69) is 19.3 Å². The molecule has 0 aliphatic rings. The molecule has 0 unspecified atom stereocenters. The van der Waals surface area contributed by atoms with Crippen LogP contribution in [0.3, 0.4) is 0 Å². The molecule has 0 aromatic carbocycles. The maximum atomic E-state index is 12.3. The Kier molecular flexibility index (Phi) is 6.96. The molecule has 0 saturated carbocycles. The molecule has 2 rings (SSSR count). The first-order valence-corrected chi connectivity index (χ1v) is 9.78. The van der Waals surface area contributed by atoms with Gasteiger partial charge in [-0.25, -0.2) is 9.52 Å². The van der Waals surface area contributed by atoms with Crippen molar-refractivity contribution in [3.05, 3.63) is 16.4 Å². The smallest absolute Gasteiger partial charge is 0.390 e. The first kappa shape index (κ1) is 22.3. The third-order valence-corrected chi connectivity index (χ3v) is 4.67. The highest BCUT2D eigenvalue weighted by atomic mass is 32.2. The molecule has 0 fully saturated rings. The summed E-state index contributed by atoms with van der Waals surface area (Å²) in [5, 5.41) is 3.38. The number of nitrogens with one attached hydrogen (secondary N) is 2. The summed E-state index contributed by atoms with van der Waals surface area (Å²) in [5.41, 5.74) is 0. The van der Waals surface area contributed by atoms with Gasteiger partial charge in [-0.05, 0) is 0 Å². The van der Waals surface area contributed by atoms with Gasteiger partial charge >= 0.3 is 34.4 Å². The van der Waals surface area contributed by atoms with Crippen molar-refractivity contribution in [1.82, 2.24) is 24.2 Å². The maximum absolute atomic E-state index is 12.3. The number of alkyl halides is 3. The van der Waals surface area contributed by atoms with Crippen LogP contribution < -0.4 is 24.3 Å². The van der Waals surface area contributed by atoms with Crippen molar-refractivity contribution in [2.45, 2.75) is 19.1 Å². The largest absolute Gasteiger partial charge is 0.467 e. The van der Waals surface area contributed by atoms with Gasteiger partial charge in [-0.15, -0.1) is 20.7 Å². The van der Waals surface area contributed by atoms with E-state index in [-0.39, 0.29) is 22.8 Å². The molecule has 2 aromatic heterocycles. The van der Waals surface area contributed by atoms with E-state index < -0.39 is 35.4 Å². The molecule has 0 aliphatic carbocycles. The lowest BCUT2D eigenvalue weighted by Crippen LogP contribution is -2.35. The van der Waals surface area contributed by atoms with Crippen LogP contribution in [0.15, 0.2) is 16.0 Å². The van der Waals surface area contributed by atoms with Gasteiger partial charge in [0.25, 0.3) is 0 Å². The van der Waals surface area contributed by atoms with Crippen molar-refractivity contribution >= 4 is 33.5 Å². The predicted molar refractivity (Wildman–Crippen MR) is 92.5 cm³/mol. The number of ether oxygens (including phenoxy) is 2. The van der Waals surface area contributed by atoms with Crippen molar-refractivity contribution in [2.24, 2.45) is 4.40 Å². The molecular weight excluding hydrogens is 443 g/mol. The number of aryl methyl sites for hydroxylation is 1. The van der Waals surface area contributed by atoms with Crippen molar-refractivity contribution in [3.8, 4) is 12.0 Å². The van der Waals surface area contributed by atoms with Crippen LogP contribution in [0, 0.1) is 0 Å². The van der Waals surface area contributed by atoms with Gasteiger partial charge in [0.2, 0.25) is 10.7 Å². The van der Waals surface area contributed by atoms with Gasteiger partial charge < -0.3 is 14.0 Å². The molecule has 2 aromatic rings. The number of methoxy groups -OCH3 is 2. The lowest BCUT2D eigenvalue weighted by atomic mass is 10.4. The van der Waals surface area contributed by atoms with Crippen molar-refractivity contribution in [1.29, 1.82) is 0 Å². The number of carbonyl (C=O) groups excluding carboxylic acids is 1. The van der Waals surface area contributed by atoms with Gasteiger partial charge in [-0.3, -0.25) is 5.32 Å². The predicted octanol–water partition coefficient (Wildman–Crippen LogP) is 0.671. The number of halogens is 3. The van der Waals surface area contributed by atoms with Gasteiger partial charge in [0, 0.05) is 18.1 Å². The van der Waals surface area contributed by atoms with E-state index >= 15 is 0 Å². The van der Waals surface area contributed by atoms with Crippen LogP contribution in [0.4, 0.5) is 23.9 Å². The third kappa shape index (κ3) is 7.18. The molecule has 29 heavy (non-hydrogen) atoms. The summed E-state index contributed by atoms with van der Waals surface area (Å²) in [4.78, 5) is 22.7. The van der Waals surface area contributed by atoms with Crippen molar-refractivity contribution < 1.29 is 35.9 Å². The fourth-order valence-electron chi connectivity index (χ4n) is 1.73. The summed E-state index contributed by atoms with van der Waals surface area (Å²) in [6.07, 6.45) is -4.35. The van der Waals surface area contributed by atoms with E-state index in [9.17, 15) is 26.4 Å². The van der Waals surface area contributed by atoms with Crippen LogP contribution >= 0.6 is 11.3 Å². The monoisotopic (exact) mass is 457 g/mol. The van der Waals surface area contributed by atoms with Crippen LogP contribution in [0.2, 0.25) is 0 Å². The van der Waals surface area contributed by atoms with Crippen LogP contribution in [-0.4, -0.2) is 54.4 Å². The van der Waals surface area contributed by atoms with Gasteiger partial charge in [-0.2, -0.15) is 31.6 Å². The fraction of sp³-hybridized carbons (Fsp3) is 0.417. The number of amides is 2. The Morgan fingerprint density at radius 3 is 2.41 bits per heavy atom. The minimum Gasteiger partial charge on any atom is -0.467 e. The van der Waals surface area contributed by atoms with E-state index in [0.717, 1.165) is 15.9 Å². The zero-order chi connectivity index (χ0) is 21.7. The summed E-state index contributed by atoms with van der Waals surface area (Å²) >= 11 is 0.780. The normalized spacial score (nSPS) is 12.5. The van der Waals surface area contributed by atoms with Crippen molar-refractivity contribution in [2.75, 3.05) is 19.5 Å². The van der Waals surface area contributed by atoms with E-state index in [1.165, 1.54) is 25.8 Å². The average Bonchev–Trinajstić information content (AvgIpc) is 3.04. The van der Waals surface area contributed by atoms with Gasteiger partial charge in [0.1, 0.15) is 0 Å². The highest BCUT2D eigenvalue weighted by Gasteiger charge is 2.26. The van der Waals surface area contributed by atoms with Crippen LogP contribution in [0.25, 0.3) is 0 Å². The number of hydrogen-bond donors (Lipinski definition) is 2. The second-order valence-electron chi connectivity index (χ2n) is 5.00. The second-order valence-corrected chi connectivity index (χ2v) is 7.21. The first-order chi connectivity index (χ1) is 13.5. The molecule has 2 amide bonds. The van der Waals surface area contributed by atoms with Crippen molar-refractivity contribution in [3.63, 3.8) is 0 Å². The third-order valence-electron chi connectivity index (χ3n) is 2.90. The Morgan fingerprint density at radius 1 is 1.24 bits per heavy atom. The Morgan fingerprint density at radius 2 is 1.86 bits per heavy atom. The first-order valence-electron chi connectivity index (χ1n) is 7.46. The van der Waals surface area contributed by atoms with Crippen LogP contribution in [0.5, 0.6) is 12.0 Å². The standard InChI is InChI=1S/C12H14F3N7O5S2/c1-26-9-17-7(18-10(19-9)27-2)16-8(23)20-29(24,25)21-11-22(5-6-28-11)4-3-12(13,14)15/h5-6H,3-4H2,1-2H3,(H2,16,17,18,19,20,23). The Balaban J connectivity index is 2.13. The molecule has 2 heterocycles. The number of carbonyl (C=O) groups is 1.